The highest BCUT2D eigenvalue weighted by Crippen LogP contribution is 2.22. The van der Waals surface area contributed by atoms with Crippen molar-refractivity contribution in [3.63, 3.8) is 0 Å². The number of piperidine rings is 1. The summed E-state index contributed by atoms with van der Waals surface area (Å²) in [5, 5.41) is 0. The van der Waals surface area contributed by atoms with Gasteiger partial charge in [0.15, 0.2) is 0 Å². The molecule has 2 unspecified atom stereocenters. The third-order valence-electron chi connectivity index (χ3n) is 4.48. The van der Waals surface area contributed by atoms with Crippen LogP contribution in [0.4, 0.5) is 0 Å². The first-order valence-corrected chi connectivity index (χ1v) is 8.78. The second-order valence-electron chi connectivity index (χ2n) is 6.98. The van der Waals surface area contributed by atoms with Crippen molar-refractivity contribution in [1.82, 2.24) is 4.90 Å². The number of amides is 1. The van der Waals surface area contributed by atoms with Gasteiger partial charge in [-0.15, -0.1) is 0 Å². The second-order valence-corrected chi connectivity index (χ2v) is 6.98. The largest absolute Gasteiger partial charge is 0.494 e. The Morgan fingerprint density at radius 1 is 1.26 bits per heavy atom. The zero-order valence-corrected chi connectivity index (χ0v) is 14.6. The second kappa shape index (κ2) is 8.34. The highest BCUT2D eigenvalue weighted by Gasteiger charge is 2.29. The standard InChI is InChI=1S/C19H30N2O2/c1-14(2)11-13-23-17-9-7-16(8-10-17)19(22)21-12-5-4-6-18(21)15(3)20/h7-10,14-15,18H,4-6,11-13,20H2,1-3H3. The molecule has 1 aromatic rings. The van der Waals surface area contributed by atoms with Crippen LogP contribution in [-0.4, -0.2) is 36.0 Å². The van der Waals surface area contributed by atoms with Gasteiger partial charge in [0.25, 0.3) is 5.91 Å². The summed E-state index contributed by atoms with van der Waals surface area (Å²) < 4.78 is 5.71. The van der Waals surface area contributed by atoms with E-state index >= 15 is 0 Å². The van der Waals surface area contributed by atoms with Crippen LogP contribution in [-0.2, 0) is 0 Å². The highest BCUT2D eigenvalue weighted by molar-refractivity contribution is 5.94. The van der Waals surface area contributed by atoms with Crippen LogP contribution in [0.2, 0.25) is 0 Å². The SMILES string of the molecule is CC(C)CCOc1ccc(C(=O)N2CCCCC2C(C)N)cc1. The Labute approximate surface area is 140 Å². The van der Waals surface area contributed by atoms with Gasteiger partial charge in [-0.25, -0.2) is 0 Å². The Balaban J connectivity index is 1.99. The number of benzene rings is 1. The minimum atomic E-state index is 0.0119. The molecule has 0 bridgehead atoms. The van der Waals surface area contributed by atoms with Gasteiger partial charge in [0.1, 0.15) is 5.75 Å². The maximum Gasteiger partial charge on any atom is 0.254 e. The fourth-order valence-corrected chi connectivity index (χ4v) is 3.03. The number of likely N-dealkylation sites (tertiary alicyclic amines) is 1. The molecule has 2 atom stereocenters. The van der Waals surface area contributed by atoms with Crippen LogP contribution in [0.15, 0.2) is 24.3 Å². The minimum absolute atomic E-state index is 0.0119. The fraction of sp³-hybridized carbons (Fsp3) is 0.632. The number of rotatable bonds is 6. The smallest absolute Gasteiger partial charge is 0.254 e. The van der Waals surface area contributed by atoms with E-state index in [9.17, 15) is 4.79 Å². The Hall–Kier alpha value is -1.55. The summed E-state index contributed by atoms with van der Waals surface area (Å²) in [6, 6.07) is 7.66. The molecule has 1 heterocycles. The van der Waals surface area contributed by atoms with Crippen LogP contribution >= 0.6 is 0 Å². The number of hydrogen-bond donors (Lipinski definition) is 1. The first-order chi connectivity index (χ1) is 11.0. The molecular weight excluding hydrogens is 288 g/mol. The van der Waals surface area contributed by atoms with Crippen molar-refractivity contribution in [2.75, 3.05) is 13.2 Å². The van der Waals surface area contributed by atoms with Crippen LogP contribution in [0.1, 0.15) is 56.8 Å². The summed E-state index contributed by atoms with van der Waals surface area (Å²) in [6.07, 6.45) is 4.24. The van der Waals surface area contributed by atoms with Crippen molar-refractivity contribution in [1.29, 1.82) is 0 Å². The van der Waals surface area contributed by atoms with Crippen molar-refractivity contribution in [3.05, 3.63) is 29.8 Å². The van der Waals surface area contributed by atoms with E-state index in [1.807, 2.05) is 36.1 Å². The van der Waals surface area contributed by atoms with E-state index in [0.717, 1.165) is 38.0 Å². The molecule has 128 valence electrons. The van der Waals surface area contributed by atoms with E-state index in [0.29, 0.717) is 18.1 Å². The van der Waals surface area contributed by atoms with Gasteiger partial charge < -0.3 is 15.4 Å². The van der Waals surface area contributed by atoms with Gasteiger partial charge in [-0.05, 0) is 62.8 Å². The van der Waals surface area contributed by atoms with Crippen molar-refractivity contribution >= 4 is 5.91 Å². The van der Waals surface area contributed by atoms with Crippen molar-refractivity contribution in [2.45, 2.75) is 58.5 Å². The summed E-state index contributed by atoms with van der Waals surface area (Å²) >= 11 is 0. The van der Waals surface area contributed by atoms with Crippen molar-refractivity contribution in [2.24, 2.45) is 11.7 Å². The molecule has 2 N–H and O–H groups in total. The van der Waals surface area contributed by atoms with Gasteiger partial charge in [0.2, 0.25) is 0 Å². The Kier molecular flexibility index (Phi) is 6.46. The number of ether oxygens (including phenoxy) is 1. The molecule has 4 heteroatoms. The monoisotopic (exact) mass is 318 g/mol. The molecule has 1 aliphatic heterocycles. The lowest BCUT2D eigenvalue weighted by molar-refractivity contribution is 0.0584. The predicted molar refractivity (Wildman–Crippen MR) is 93.7 cm³/mol. The number of carbonyl (C=O) groups is 1. The predicted octanol–water partition coefficient (Wildman–Crippen LogP) is 3.45. The van der Waals surface area contributed by atoms with Crippen LogP contribution in [0.5, 0.6) is 5.75 Å². The Morgan fingerprint density at radius 3 is 2.57 bits per heavy atom. The van der Waals surface area contributed by atoms with E-state index in [4.69, 9.17) is 10.5 Å². The first-order valence-electron chi connectivity index (χ1n) is 8.78. The Morgan fingerprint density at radius 2 is 1.96 bits per heavy atom. The maximum absolute atomic E-state index is 12.8. The fourth-order valence-electron chi connectivity index (χ4n) is 3.03. The maximum atomic E-state index is 12.8. The lowest BCUT2D eigenvalue weighted by Gasteiger charge is -2.38. The number of hydrogen-bond acceptors (Lipinski definition) is 3. The molecule has 0 aromatic heterocycles. The third-order valence-corrected chi connectivity index (χ3v) is 4.48. The molecule has 1 amide bonds. The molecular formula is C19H30N2O2. The zero-order valence-electron chi connectivity index (χ0n) is 14.6. The molecule has 1 saturated heterocycles. The molecule has 1 aliphatic rings. The lowest BCUT2D eigenvalue weighted by Crippen LogP contribution is -2.51. The average molecular weight is 318 g/mol. The van der Waals surface area contributed by atoms with Gasteiger partial charge in [0, 0.05) is 24.2 Å². The third kappa shape index (κ3) is 4.96. The van der Waals surface area contributed by atoms with Crippen LogP contribution in [0.3, 0.4) is 0 Å². The van der Waals surface area contributed by atoms with Gasteiger partial charge in [-0.2, -0.15) is 0 Å². The van der Waals surface area contributed by atoms with Crippen LogP contribution in [0, 0.1) is 5.92 Å². The molecule has 1 fully saturated rings. The minimum Gasteiger partial charge on any atom is -0.494 e. The Bertz CT molecular complexity index is 497. The van der Waals surface area contributed by atoms with E-state index in [2.05, 4.69) is 13.8 Å². The van der Waals surface area contributed by atoms with E-state index in [1.165, 1.54) is 0 Å². The molecule has 2 rings (SSSR count). The molecule has 0 radical (unpaired) electrons. The number of nitrogens with zero attached hydrogens (tertiary/aromatic N) is 1. The topological polar surface area (TPSA) is 55.6 Å². The van der Waals surface area contributed by atoms with Gasteiger partial charge in [0.05, 0.1) is 6.61 Å². The average Bonchev–Trinajstić information content (AvgIpc) is 2.54. The van der Waals surface area contributed by atoms with Crippen LogP contribution < -0.4 is 10.5 Å². The molecule has 1 aromatic carbocycles. The summed E-state index contributed by atoms with van der Waals surface area (Å²) in [6.45, 7) is 7.86. The molecule has 0 aliphatic carbocycles. The molecule has 0 saturated carbocycles. The zero-order chi connectivity index (χ0) is 16.8. The summed E-state index contributed by atoms with van der Waals surface area (Å²) in [7, 11) is 0. The normalized spacial score (nSPS) is 19.7. The van der Waals surface area contributed by atoms with E-state index < -0.39 is 0 Å². The molecule has 0 spiro atoms. The lowest BCUT2D eigenvalue weighted by atomic mass is 9.96. The summed E-state index contributed by atoms with van der Waals surface area (Å²) in [5.74, 6) is 1.54. The molecule has 23 heavy (non-hydrogen) atoms. The van der Waals surface area contributed by atoms with E-state index in [1.54, 1.807) is 0 Å². The van der Waals surface area contributed by atoms with Crippen molar-refractivity contribution in [3.8, 4) is 5.75 Å². The summed E-state index contributed by atoms with van der Waals surface area (Å²) in [5.41, 5.74) is 6.78. The molecule has 4 nitrogen and oxygen atoms in total. The van der Waals surface area contributed by atoms with Gasteiger partial charge in [-0.3, -0.25) is 4.79 Å². The van der Waals surface area contributed by atoms with Gasteiger partial charge >= 0.3 is 0 Å². The first kappa shape index (κ1) is 17.8. The quantitative estimate of drug-likeness (QED) is 0.874. The summed E-state index contributed by atoms with van der Waals surface area (Å²) in [4.78, 5) is 14.7. The highest BCUT2D eigenvalue weighted by atomic mass is 16.5. The van der Waals surface area contributed by atoms with Crippen LogP contribution in [0.25, 0.3) is 0 Å². The number of carbonyl (C=O) groups excluding carboxylic acids is 1. The number of nitrogens with two attached hydrogens (primary N) is 1. The van der Waals surface area contributed by atoms with E-state index in [-0.39, 0.29) is 18.0 Å². The van der Waals surface area contributed by atoms with Crippen molar-refractivity contribution < 1.29 is 9.53 Å². The van der Waals surface area contributed by atoms with Gasteiger partial charge in [-0.1, -0.05) is 13.8 Å².